The molecule has 1 aromatic heterocycles. The number of carbonyl (C=O) groups excluding carboxylic acids is 2. The van der Waals surface area contributed by atoms with Crippen LogP contribution in [-0.2, 0) is 4.79 Å². The summed E-state index contributed by atoms with van der Waals surface area (Å²) in [6.45, 7) is 5.36. The van der Waals surface area contributed by atoms with Crippen molar-refractivity contribution in [1.82, 2.24) is 24.6 Å². The molecule has 2 aromatic carbocycles. The van der Waals surface area contributed by atoms with Crippen LogP contribution in [-0.4, -0.2) is 102 Å². The first kappa shape index (κ1) is 32.0. The lowest BCUT2D eigenvalue weighted by Crippen LogP contribution is -2.53. The summed E-state index contributed by atoms with van der Waals surface area (Å²) in [6, 6.07) is 19.6. The number of hydrogen-bond acceptors (Lipinski definition) is 5. The van der Waals surface area contributed by atoms with E-state index in [0.717, 1.165) is 87.2 Å². The number of hydrogen-bond donors (Lipinski definition) is 0. The molecule has 3 aliphatic heterocycles. The first-order valence-corrected chi connectivity index (χ1v) is 17.0. The highest BCUT2D eigenvalue weighted by molar-refractivity contribution is 6.30. The molecule has 0 radical (unpaired) electrons. The monoisotopic (exact) mass is 647 g/mol. The lowest BCUT2D eigenvalue weighted by Gasteiger charge is -2.43. The zero-order valence-corrected chi connectivity index (χ0v) is 27.8. The van der Waals surface area contributed by atoms with Gasteiger partial charge in [-0.1, -0.05) is 47.5 Å². The van der Waals surface area contributed by atoms with Gasteiger partial charge in [-0.05, 0) is 102 Å². The fraction of sp³-hybridized carbons (Fsp3) is 0.472. The highest BCUT2D eigenvalue weighted by atomic mass is 35.5. The molecule has 6 rings (SSSR count). The van der Waals surface area contributed by atoms with Gasteiger partial charge in [0.15, 0.2) is 0 Å². The molecule has 0 aliphatic carbocycles. The van der Waals surface area contributed by atoms with Gasteiger partial charge in [0, 0.05) is 65.5 Å². The largest absolute Gasteiger partial charge is 0.342 e. The predicted molar refractivity (Wildman–Crippen MR) is 182 cm³/mol. The molecule has 7 nitrogen and oxygen atoms in total. The third kappa shape index (κ3) is 7.54. The summed E-state index contributed by atoms with van der Waals surface area (Å²) in [5.41, 5.74) is 3.88. The van der Waals surface area contributed by atoms with Crippen molar-refractivity contribution in [2.45, 2.75) is 50.6 Å². The van der Waals surface area contributed by atoms with Crippen molar-refractivity contribution in [2.24, 2.45) is 5.92 Å². The lowest BCUT2D eigenvalue weighted by atomic mass is 9.92. The van der Waals surface area contributed by atoms with Crippen LogP contribution in [0.3, 0.4) is 0 Å². The number of halogens is 2. The number of likely N-dealkylation sites (tertiary alicyclic amines) is 3. The minimum absolute atomic E-state index is 0.0210. The summed E-state index contributed by atoms with van der Waals surface area (Å²) in [6.07, 6.45) is 5.96. The fourth-order valence-corrected chi connectivity index (χ4v) is 7.45. The molecule has 238 valence electrons. The average molecular weight is 649 g/mol. The molecular formula is C36H43Cl2N5O2. The van der Waals surface area contributed by atoms with Crippen LogP contribution in [0.2, 0.25) is 10.0 Å². The van der Waals surface area contributed by atoms with E-state index in [1.54, 1.807) is 0 Å². The van der Waals surface area contributed by atoms with Crippen LogP contribution in [0.15, 0.2) is 60.7 Å². The molecule has 3 saturated heterocycles. The number of benzene rings is 2. The van der Waals surface area contributed by atoms with Crippen molar-refractivity contribution in [3.63, 3.8) is 0 Å². The predicted octanol–water partition coefficient (Wildman–Crippen LogP) is 6.59. The molecule has 0 spiro atoms. The Morgan fingerprint density at radius 3 is 1.89 bits per heavy atom. The van der Waals surface area contributed by atoms with Crippen molar-refractivity contribution >= 4 is 35.0 Å². The Morgan fingerprint density at radius 1 is 0.778 bits per heavy atom. The summed E-state index contributed by atoms with van der Waals surface area (Å²) in [4.78, 5) is 41.3. The first-order valence-electron chi connectivity index (χ1n) is 16.3. The maximum absolute atomic E-state index is 13.9. The Bertz CT molecular complexity index is 1420. The minimum Gasteiger partial charge on any atom is -0.342 e. The molecule has 1 atom stereocenters. The maximum Gasteiger partial charge on any atom is 0.254 e. The average Bonchev–Trinajstić information content (AvgIpc) is 3.08. The zero-order valence-electron chi connectivity index (χ0n) is 26.3. The second kappa shape index (κ2) is 14.2. The van der Waals surface area contributed by atoms with Gasteiger partial charge < -0.3 is 14.7 Å². The molecule has 3 fully saturated rings. The van der Waals surface area contributed by atoms with Gasteiger partial charge in [-0.15, -0.1) is 0 Å². The van der Waals surface area contributed by atoms with E-state index in [-0.39, 0.29) is 11.8 Å². The Morgan fingerprint density at radius 2 is 1.33 bits per heavy atom. The van der Waals surface area contributed by atoms with Gasteiger partial charge in [-0.25, -0.2) is 4.98 Å². The van der Waals surface area contributed by atoms with Gasteiger partial charge >= 0.3 is 0 Å². The first-order chi connectivity index (χ1) is 21.7. The highest BCUT2D eigenvalue weighted by Crippen LogP contribution is 2.30. The number of carbonyl (C=O) groups is 2. The molecule has 9 heteroatoms. The molecule has 4 heterocycles. The summed E-state index contributed by atoms with van der Waals surface area (Å²) in [7, 11) is 4.17. The van der Waals surface area contributed by atoms with E-state index in [0.29, 0.717) is 46.7 Å². The second-order valence-electron chi connectivity index (χ2n) is 13.0. The Balaban J connectivity index is 1.12. The molecule has 0 N–H and O–H groups in total. The quantitative estimate of drug-likeness (QED) is 0.302. The van der Waals surface area contributed by atoms with Gasteiger partial charge in [0.05, 0.1) is 17.3 Å². The normalized spacial score (nSPS) is 20.7. The number of rotatable bonds is 6. The SMILES string of the molecule is CN1CCC(N(C)C(=O)[C@@H]2CCCN(C3CCN(C(=O)c4cc(-c5ccc(Cl)cc5)nc(-c5ccc(Cl)cc5)c4)CC3)C2)CC1. The molecule has 3 aromatic rings. The number of aromatic nitrogens is 1. The summed E-state index contributed by atoms with van der Waals surface area (Å²) in [5, 5.41) is 1.31. The fourth-order valence-electron chi connectivity index (χ4n) is 7.20. The molecule has 3 aliphatic rings. The molecule has 0 saturated carbocycles. The second-order valence-corrected chi connectivity index (χ2v) is 13.9. The van der Waals surface area contributed by atoms with Crippen LogP contribution in [0.5, 0.6) is 0 Å². The van der Waals surface area contributed by atoms with Crippen molar-refractivity contribution in [3.8, 4) is 22.5 Å². The Kier molecular flexibility index (Phi) is 10.1. The number of pyridine rings is 1. The topological polar surface area (TPSA) is 60.0 Å². The van der Waals surface area contributed by atoms with Crippen LogP contribution < -0.4 is 0 Å². The van der Waals surface area contributed by atoms with Gasteiger partial charge in [0.2, 0.25) is 5.91 Å². The zero-order chi connectivity index (χ0) is 31.5. The molecule has 0 unspecified atom stereocenters. The van der Waals surface area contributed by atoms with E-state index in [2.05, 4.69) is 16.8 Å². The van der Waals surface area contributed by atoms with Gasteiger partial charge in [0.1, 0.15) is 0 Å². The number of amides is 2. The van der Waals surface area contributed by atoms with Crippen LogP contribution in [0, 0.1) is 5.92 Å². The van der Waals surface area contributed by atoms with E-state index in [1.807, 2.05) is 77.5 Å². The van der Waals surface area contributed by atoms with Crippen LogP contribution in [0.4, 0.5) is 0 Å². The standard InChI is InChI=1S/C36H43Cl2N5O2/c1-40-18-13-31(14-19-40)41(2)35(44)27-4-3-17-43(24-27)32-15-20-42(21-16-32)36(45)28-22-33(25-5-9-29(37)10-6-25)39-34(23-28)26-7-11-30(38)12-8-26/h5-12,22-23,27,31-32H,3-4,13-21,24H2,1-2H3/t27-/m1/s1. The molecular weight excluding hydrogens is 605 g/mol. The van der Waals surface area contributed by atoms with E-state index >= 15 is 0 Å². The van der Waals surface area contributed by atoms with Crippen molar-refractivity contribution < 1.29 is 9.59 Å². The van der Waals surface area contributed by atoms with Crippen LogP contribution >= 0.6 is 23.2 Å². The van der Waals surface area contributed by atoms with Crippen molar-refractivity contribution in [2.75, 3.05) is 53.4 Å². The smallest absolute Gasteiger partial charge is 0.254 e. The van der Waals surface area contributed by atoms with Gasteiger partial charge in [-0.3, -0.25) is 14.5 Å². The maximum atomic E-state index is 13.9. The van der Waals surface area contributed by atoms with E-state index in [9.17, 15) is 9.59 Å². The van der Waals surface area contributed by atoms with Crippen LogP contribution in [0.25, 0.3) is 22.5 Å². The molecule has 2 amide bonds. The summed E-state index contributed by atoms with van der Waals surface area (Å²) in [5.74, 6) is 0.401. The minimum atomic E-state index is 0.0210. The van der Waals surface area contributed by atoms with E-state index in [4.69, 9.17) is 28.2 Å². The molecule has 0 bridgehead atoms. The molecule has 45 heavy (non-hydrogen) atoms. The number of piperidine rings is 3. The van der Waals surface area contributed by atoms with Gasteiger partial charge in [-0.2, -0.15) is 0 Å². The van der Waals surface area contributed by atoms with Crippen molar-refractivity contribution in [3.05, 3.63) is 76.3 Å². The van der Waals surface area contributed by atoms with Gasteiger partial charge in [0.25, 0.3) is 5.91 Å². The lowest BCUT2D eigenvalue weighted by molar-refractivity contribution is -0.139. The van der Waals surface area contributed by atoms with Crippen LogP contribution in [0.1, 0.15) is 48.9 Å². The highest BCUT2D eigenvalue weighted by Gasteiger charge is 2.35. The summed E-state index contributed by atoms with van der Waals surface area (Å²) < 4.78 is 0. The Hall–Kier alpha value is -2.97. The van der Waals surface area contributed by atoms with E-state index in [1.165, 1.54) is 0 Å². The number of nitrogens with zero attached hydrogens (tertiary/aromatic N) is 5. The van der Waals surface area contributed by atoms with E-state index < -0.39 is 0 Å². The van der Waals surface area contributed by atoms with Crippen molar-refractivity contribution in [1.29, 1.82) is 0 Å². The summed E-state index contributed by atoms with van der Waals surface area (Å²) >= 11 is 12.3. The third-order valence-electron chi connectivity index (χ3n) is 10.0. The third-order valence-corrected chi connectivity index (χ3v) is 10.5. The Labute approximate surface area is 277 Å².